The van der Waals surface area contributed by atoms with Gasteiger partial charge in [-0.2, -0.15) is 0 Å². The van der Waals surface area contributed by atoms with Crippen LogP contribution in [0.5, 0.6) is 0 Å². The third-order valence-electron chi connectivity index (χ3n) is 4.75. The molecule has 2 heteroatoms. The summed E-state index contributed by atoms with van der Waals surface area (Å²) in [6, 6.07) is 8.42. The highest BCUT2D eigenvalue weighted by Crippen LogP contribution is 2.61. The summed E-state index contributed by atoms with van der Waals surface area (Å²) in [6.45, 7) is 4.38. The summed E-state index contributed by atoms with van der Waals surface area (Å²) >= 11 is 0. The van der Waals surface area contributed by atoms with Crippen LogP contribution in [-0.4, -0.2) is 18.2 Å². The highest BCUT2D eigenvalue weighted by atomic mass is 15.1. The van der Waals surface area contributed by atoms with Gasteiger partial charge in [0.25, 0.3) is 0 Å². The van der Waals surface area contributed by atoms with Gasteiger partial charge in [-0.1, -0.05) is 30.4 Å². The number of allylic oxidation sites excluding steroid dienone is 6. The minimum absolute atomic E-state index is 0.152. The van der Waals surface area contributed by atoms with Gasteiger partial charge in [0.1, 0.15) is 0 Å². The summed E-state index contributed by atoms with van der Waals surface area (Å²) < 4.78 is 0. The second kappa shape index (κ2) is 3.72. The van der Waals surface area contributed by atoms with E-state index in [1.807, 2.05) is 6.21 Å². The SMILES string of the molecule is CC1=CC2(C=C(C)N1C)CC2=C1C=Nc2ccccc21. The molecule has 1 spiro atoms. The Morgan fingerprint density at radius 2 is 1.80 bits per heavy atom. The monoisotopic (exact) mass is 262 g/mol. The number of hydrogen-bond donors (Lipinski definition) is 0. The zero-order valence-corrected chi connectivity index (χ0v) is 12.1. The van der Waals surface area contributed by atoms with Crippen LogP contribution in [0.3, 0.4) is 0 Å². The Kier molecular flexibility index (Phi) is 2.18. The molecule has 1 aromatic carbocycles. The van der Waals surface area contributed by atoms with Crippen molar-refractivity contribution in [2.24, 2.45) is 10.4 Å². The van der Waals surface area contributed by atoms with Crippen LogP contribution in [0.4, 0.5) is 5.69 Å². The predicted molar refractivity (Wildman–Crippen MR) is 83.8 cm³/mol. The lowest BCUT2D eigenvalue weighted by molar-refractivity contribution is 0.490. The largest absolute Gasteiger partial charge is 0.353 e. The van der Waals surface area contributed by atoms with E-state index in [4.69, 9.17) is 0 Å². The normalized spacial score (nSPS) is 25.6. The Labute approximate surface area is 119 Å². The molecule has 1 saturated carbocycles. The van der Waals surface area contributed by atoms with Crippen molar-refractivity contribution in [3.05, 3.63) is 58.9 Å². The third-order valence-corrected chi connectivity index (χ3v) is 4.75. The van der Waals surface area contributed by atoms with Gasteiger partial charge in [0.15, 0.2) is 0 Å². The molecule has 2 nitrogen and oxygen atoms in total. The molecular weight excluding hydrogens is 244 g/mol. The first-order valence-corrected chi connectivity index (χ1v) is 7.10. The first kappa shape index (κ1) is 11.7. The van der Waals surface area contributed by atoms with E-state index in [1.165, 1.54) is 28.1 Å². The zero-order chi connectivity index (χ0) is 13.9. The second-order valence-corrected chi connectivity index (χ2v) is 6.02. The van der Waals surface area contributed by atoms with Gasteiger partial charge in [0.05, 0.1) is 5.69 Å². The molecule has 100 valence electrons. The summed E-state index contributed by atoms with van der Waals surface area (Å²) in [5, 5.41) is 0. The number of para-hydroxylation sites is 1. The summed E-state index contributed by atoms with van der Waals surface area (Å²) in [7, 11) is 2.13. The Hall–Kier alpha value is -2.09. The van der Waals surface area contributed by atoms with E-state index in [9.17, 15) is 0 Å². The van der Waals surface area contributed by atoms with Crippen LogP contribution >= 0.6 is 0 Å². The number of hydrogen-bond acceptors (Lipinski definition) is 2. The maximum Gasteiger partial charge on any atom is 0.0708 e. The van der Waals surface area contributed by atoms with Gasteiger partial charge in [0.2, 0.25) is 0 Å². The molecule has 2 aliphatic heterocycles. The Morgan fingerprint density at radius 1 is 1.10 bits per heavy atom. The molecule has 1 fully saturated rings. The number of aliphatic imine (C=N–C) groups is 1. The zero-order valence-electron chi connectivity index (χ0n) is 12.1. The summed E-state index contributed by atoms with van der Waals surface area (Å²) in [5.74, 6) is 0. The van der Waals surface area contributed by atoms with E-state index < -0.39 is 0 Å². The van der Waals surface area contributed by atoms with Crippen molar-refractivity contribution in [2.75, 3.05) is 7.05 Å². The fourth-order valence-electron chi connectivity index (χ4n) is 3.39. The predicted octanol–water partition coefficient (Wildman–Crippen LogP) is 4.30. The van der Waals surface area contributed by atoms with Crippen molar-refractivity contribution in [1.29, 1.82) is 0 Å². The van der Waals surface area contributed by atoms with Gasteiger partial charge < -0.3 is 4.90 Å². The molecule has 4 rings (SSSR count). The fraction of sp³-hybridized carbons (Fsp3) is 0.278. The van der Waals surface area contributed by atoms with Gasteiger partial charge in [0, 0.05) is 41.2 Å². The molecule has 0 aromatic heterocycles. The Morgan fingerprint density at radius 3 is 2.55 bits per heavy atom. The highest BCUT2D eigenvalue weighted by molar-refractivity contribution is 6.18. The van der Waals surface area contributed by atoms with Crippen LogP contribution in [0.2, 0.25) is 0 Å². The van der Waals surface area contributed by atoms with E-state index in [2.05, 4.69) is 67.2 Å². The van der Waals surface area contributed by atoms with Gasteiger partial charge in [-0.05, 0) is 31.9 Å². The topological polar surface area (TPSA) is 15.6 Å². The van der Waals surface area contributed by atoms with Crippen molar-refractivity contribution in [2.45, 2.75) is 20.3 Å². The number of fused-ring (bicyclic) bond motifs is 1. The molecule has 3 aliphatic rings. The van der Waals surface area contributed by atoms with Crippen molar-refractivity contribution >= 4 is 17.5 Å². The van der Waals surface area contributed by atoms with Gasteiger partial charge >= 0.3 is 0 Å². The molecule has 0 saturated heterocycles. The number of nitrogens with zero attached hydrogens (tertiary/aromatic N) is 2. The van der Waals surface area contributed by atoms with Gasteiger partial charge in [-0.15, -0.1) is 0 Å². The molecule has 2 heterocycles. The summed E-state index contributed by atoms with van der Waals surface area (Å²) in [5.41, 5.74) is 8.06. The molecule has 0 atom stereocenters. The maximum absolute atomic E-state index is 4.54. The lowest BCUT2D eigenvalue weighted by Crippen LogP contribution is -2.19. The Bertz CT molecular complexity index is 712. The average Bonchev–Trinajstić information content (AvgIpc) is 2.94. The van der Waals surface area contributed by atoms with Crippen LogP contribution in [0.1, 0.15) is 25.8 Å². The first-order chi connectivity index (χ1) is 9.61. The standard InChI is InChI=1S/C18H18N2/c1-12-8-18(9-13(2)20(12)3)10-16(18)15-11-19-17-7-5-4-6-14(15)17/h4-9,11H,10H2,1-3H3. The summed E-state index contributed by atoms with van der Waals surface area (Å²) in [6.07, 6.45) is 7.97. The summed E-state index contributed by atoms with van der Waals surface area (Å²) in [4.78, 5) is 6.79. The fourth-order valence-corrected chi connectivity index (χ4v) is 3.39. The smallest absolute Gasteiger partial charge is 0.0708 e. The molecule has 0 amide bonds. The molecule has 0 N–H and O–H groups in total. The lowest BCUT2D eigenvalue weighted by Gasteiger charge is -2.27. The maximum atomic E-state index is 4.54. The third kappa shape index (κ3) is 1.48. The number of rotatable bonds is 0. The van der Waals surface area contributed by atoms with E-state index in [0.717, 1.165) is 12.1 Å². The highest BCUT2D eigenvalue weighted by Gasteiger charge is 2.49. The average molecular weight is 262 g/mol. The van der Waals surface area contributed by atoms with E-state index >= 15 is 0 Å². The number of benzene rings is 1. The molecule has 1 aliphatic carbocycles. The lowest BCUT2D eigenvalue weighted by atomic mass is 9.95. The van der Waals surface area contributed by atoms with Crippen LogP contribution in [0, 0.1) is 5.41 Å². The first-order valence-electron chi connectivity index (χ1n) is 7.10. The quantitative estimate of drug-likeness (QED) is 0.680. The molecule has 0 bridgehead atoms. The van der Waals surface area contributed by atoms with Gasteiger partial charge in [-0.25, -0.2) is 0 Å². The molecule has 1 aromatic rings. The van der Waals surface area contributed by atoms with E-state index in [-0.39, 0.29) is 5.41 Å². The Balaban J connectivity index is 1.82. The van der Waals surface area contributed by atoms with Crippen molar-refractivity contribution < 1.29 is 0 Å². The molecule has 20 heavy (non-hydrogen) atoms. The molecule has 0 radical (unpaired) electrons. The molecular formula is C18H18N2. The van der Waals surface area contributed by atoms with Crippen LogP contribution in [-0.2, 0) is 0 Å². The minimum atomic E-state index is 0.152. The van der Waals surface area contributed by atoms with E-state index in [1.54, 1.807) is 0 Å². The molecule has 0 unspecified atom stereocenters. The van der Waals surface area contributed by atoms with Crippen molar-refractivity contribution in [3.8, 4) is 0 Å². The second-order valence-electron chi connectivity index (χ2n) is 6.02. The van der Waals surface area contributed by atoms with Crippen LogP contribution in [0.25, 0.3) is 5.57 Å². The van der Waals surface area contributed by atoms with Gasteiger partial charge in [-0.3, -0.25) is 4.99 Å². The van der Waals surface area contributed by atoms with Crippen molar-refractivity contribution in [3.63, 3.8) is 0 Å². The van der Waals surface area contributed by atoms with Crippen LogP contribution in [0.15, 0.2) is 58.4 Å². The van der Waals surface area contributed by atoms with Crippen molar-refractivity contribution in [1.82, 2.24) is 4.90 Å². The van der Waals surface area contributed by atoms with Crippen LogP contribution < -0.4 is 0 Å². The minimum Gasteiger partial charge on any atom is -0.353 e. The van der Waals surface area contributed by atoms with E-state index in [0.29, 0.717) is 0 Å².